The SMILES string of the molecule is O=C1CCCC1C1CCCCN1C(=O)c1cccc(Cl)c1. The van der Waals surface area contributed by atoms with Crippen LogP contribution in [0.4, 0.5) is 0 Å². The van der Waals surface area contributed by atoms with E-state index < -0.39 is 0 Å². The molecule has 1 saturated heterocycles. The summed E-state index contributed by atoms with van der Waals surface area (Å²) in [7, 11) is 0. The first-order chi connectivity index (χ1) is 10.2. The lowest BCUT2D eigenvalue weighted by atomic mass is 9.88. The maximum Gasteiger partial charge on any atom is 0.254 e. The summed E-state index contributed by atoms with van der Waals surface area (Å²) in [4.78, 5) is 26.8. The number of hydrogen-bond acceptors (Lipinski definition) is 2. The molecule has 0 spiro atoms. The molecule has 3 nitrogen and oxygen atoms in total. The van der Waals surface area contributed by atoms with Gasteiger partial charge in [-0.15, -0.1) is 0 Å². The number of carbonyl (C=O) groups is 2. The minimum Gasteiger partial charge on any atom is -0.335 e. The van der Waals surface area contributed by atoms with Crippen LogP contribution in [-0.4, -0.2) is 29.2 Å². The average molecular weight is 306 g/mol. The van der Waals surface area contributed by atoms with Gasteiger partial charge in [0.2, 0.25) is 0 Å². The number of benzene rings is 1. The van der Waals surface area contributed by atoms with Crippen molar-refractivity contribution in [1.29, 1.82) is 0 Å². The molecule has 0 radical (unpaired) electrons. The van der Waals surface area contributed by atoms with Crippen molar-refractivity contribution in [2.45, 2.75) is 44.6 Å². The third kappa shape index (κ3) is 2.98. The highest BCUT2D eigenvalue weighted by molar-refractivity contribution is 6.30. The Kier molecular flexibility index (Phi) is 4.29. The Bertz CT molecular complexity index is 557. The minimum absolute atomic E-state index is 0.0156. The van der Waals surface area contributed by atoms with E-state index in [-0.39, 0.29) is 17.9 Å². The first kappa shape index (κ1) is 14.6. The van der Waals surface area contributed by atoms with Crippen molar-refractivity contribution in [3.05, 3.63) is 34.9 Å². The third-order valence-corrected chi connectivity index (χ3v) is 4.93. The van der Waals surface area contributed by atoms with Crippen LogP contribution in [-0.2, 0) is 4.79 Å². The van der Waals surface area contributed by atoms with Crippen LogP contribution in [0.1, 0.15) is 48.9 Å². The van der Waals surface area contributed by atoms with Gasteiger partial charge in [-0.25, -0.2) is 0 Å². The van der Waals surface area contributed by atoms with Crippen molar-refractivity contribution in [3.8, 4) is 0 Å². The lowest BCUT2D eigenvalue weighted by molar-refractivity contribution is -0.122. The first-order valence-electron chi connectivity index (χ1n) is 7.76. The number of halogens is 1. The summed E-state index contributed by atoms with van der Waals surface area (Å²) in [6.45, 7) is 0.750. The maximum absolute atomic E-state index is 12.8. The molecule has 0 bridgehead atoms. The summed E-state index contributed by atoms with van der Waals surface area (Å²) >= 11 is 5.99. The van der Waals surface area contributed by atoms with Gasteiger partial charge >= 0.3 is 0 Å². The van der Waals surface area contributed by atoms with Crippen LogP contribution in [0.2, 0.25) is 5.02 Å². The molecule has 0 N–H and O–H groups in total. The highest BCUT2D eigenvalue weighted by Gasteiger charge is 2.38. The van der Waals surface area contributed by atoms with E-state index in [1.807, 2.05) is 4.90 Å². The van der Waals surface area contributed by atoms with E-state index in [1.54, 1.807) is 24.3 Å². The van der Waals surface area contributed by atoms with Gasteiger partial charge in [-0.3, -0.25) is 9.59 Å². The van der Waals surface area contributed by atoms with Crippen molar-refractivity contribution < 1.29 is 9.59 Å². The van der Waals surface area contributed by atoms with Crippen LogP contribution in [0.5, 0.6) is 0 Å². The third-order valence-electron chi connectivity index (χ3n) is 4.70. The van der Waals surface area contributed by atoms with E-state index in [4.69, 9.17) is 11.6 Å². The Labute approximate surface area is 130 Å². The molecule has 1 aromatic rings. The molecule has 1 heterocycles. The highest BCUT2D eigenvalue weighted by Crippen LogP contribution is 2.33. The molecular weight excluding hydrogens is 286 g/mol. The molecule has 112 valence electrons. The van der Waals surface area contributed by atoms with Gasteiger partial charge in [-0.05, 0) is 50.3 Å². The zero-order valence-electron chi connectivity index (χ0n) is 12.1. The fourth-order valence-electron chi connectivity index (χ4n) is 3.66. The number of ketones is 1. The number of amides is 1. The van der Waals surface area contributed by atoms with Gasteiger partial charge in [0.05, 0.1) is 0 Å². The number of carbonyl (C=O) groups excluding carboxylic acids is 2. The van der Waals surface area contributed by atoms with Gasteiger partial charge in [0.1, 0.15) is 5.78 Å². The zero-order chi connectivity index (χ0) is 14.8. The lowest BCUT2D eigenvalue weighted by Gasteiger charge is -2.38. The predicted octanol–water partition coefficient (Wildman–Crippen LogP) is 3.70. The summed E-state index contributed by atoms with van der Waals surface area (Å²) in [6.07, 6.45) is 5.66. The predicted molar refractivity (Wildman–Crippen MR) is 82.5 cm³/mol. The second kappa shape index (κ2) is 6.18. The number of piperidine rings is 1. The first-order valence-corrected chi connectivity index (χ1v) is 8.14. The summed E-state index contributed by atoms with van der Waals surface area (Å²) in [5, 5.41) is 0.575. The molecule has 1 aliphatic heterocycles. The van der Waals surface area contributed by atoms with Crippen LogP contribution in [0, 0.1) is 5.92 Å². The molecule has 1 amide bonds. The van der Waals surface area contributed by atoms with E-state index in [0.717, 1.165) is 38.6 Å². The van der Waals surface area contributed by atoms with Gasteiger partial charge in [0.15, 0.2) is 0 Å². The van der Waals surface area contributed by atoms with Gasteiger partial charge in [-0.1, -0.05) is 17.7 Å². The molecule has 1 saturated carbocycles. The van der Waals surface area contributed by atoms with E-state index in [9.17, 15) is 9.59 Å². The smallest absolute Gasteiger partial charge is 0.254 e. The van der Waals surface area contributed by atoms with Crippen molar-refractivity contribution in [2.24, 2.45) is 5.92 Å². The Morgan fingerprint density at radius 1 is 1.19 bits per heavy atom. The molecule has 2 unspecified atom stereocenters. The Balaban J connectivity index is 1.83. The standard InChI is InChI=1S/C17H20ClNO2/c18-13-6-3-5-12(11-13)17(21)19-10-2-1-8-15(19)14-7-4-9-16(14)20/h3,5-6,11,14-15H,1-2,4,7-10H2. The Morgan fingerprint density at radius 2 is 2.05 bits per heavy atom. The van der Waals surface area contributed by atoms with E-state index >= 15 is 0 Å². The monoisotopic (exact) mass is 305 g/mol. The van der Waals surface area contributed by atoms with Crippen LogP contribution >= 0.6 is 11.6 Å². The fourth-order valence-corrected chi connectivity index (χ4v) is 3.86. The van der Waals surface area contributed by atoms with Crippen LogP contribution in [0.3, 0.4) is 0 Å². The molecule has 2 fully saturated rings. The topological polar surface area (TPSA) is 37.4 Å². The number of hydrogen-bond donors (Lipinski definition) is 0. The lowest BCUT2D eigenvalue weighted by Crippen LogP contribution is -2.48. The average Bonchev–Trinajstić information content (AvgIpc) is 2.92. The normalized spacial score (nSPS) is 26.1. The van der Waals surface area contributed by atoms with Crippen molar-refractivity contribution in [1.82, 2.24) is 4.90 Å². The molecule has 1 aliphatic carbocycles. The molecule has 0 aromatic heterocycles. The fraction of sp³-hybridized carbons (Fsp3) is 0.529. The summed E-state index contributed by atoms with van der Waals surface area (Å²) < 4.78 is 0. The molecule has 1 aromatic carbocycles. The van der Waals surface area contributed by atoms with Crippen LogP contribution < -0.4 is 0 Å². The van der Waals surface area contributed by atoms with Crippen LogP contribution in [0.25, 0.3) is 0 Å². The van der Waals surface area contributed by atoms with Crippen molar-refractivity contribution >= 4 is 23.3 Å². The van der Waals surface area contributed by atoms with Gasteiger partial charge in [0, 0.05) is 35.5 Å². The molecular formula is C17H20ClNO2. The minimum atomic E-state index is 0.0156. The summed E-state index contributed by atoms with van der Waals surface area (Å²) in [5.41, 5.74) is 0.625. The van der Waals surface area contributed by atoms with Crippen molar-refractivity contribution in [2.75, 3.05) is 6.54 Å². The Morgan fingerprint density at radius 3 is 2.76 bits per heavy atom. The number of likely N-dealkylation sites (tertiary alicyclic amines) is 1. The van der Waals surface area contributed by atoms with Crippen molar-refractivity contribution in [3.63, 3.8) is 0 Å². The van der Waals surface area contributed by atoms with E-state index in [2.05, 4.69) is 0 Å². The van der Waals surface area contributed by atoms with Crippen LogP contribution in [0.15, 0.2) is 24.3 Å². The second-order valence-electron chi connectivity index (χ2n) is 6.04. The molecule has 2 aliphatic rings. The zero-order valence-corrected chi connectivity index (χ0v) is 12.8. The molecule has 2 atom stereocenters. The van der Waals surface area contributed by atoms with Gasteiger partial charge < -0.3 is 4.90 Å². The van der Waals surface area contributed by atoms with E-state index in [1.165, 1.54) is 0 Å². The highest BCUT2D eigenvalue weighted by atomic mass is 35.5. The summed E-state index contributed by atoms with van der Waals surface area (Å²) in [6, 6.07) is 7.17. The van der Waals surface area contributed by atoms with Gasteiger partial charge in [-0.2, -0.15) is 0 Å². The number of rotatable bonds is 2. The van der Waals surface area contributed by atoms with E-state index in [0.29, 0.717) is 22.8 Å². The number of nitrogens with zero attached hydrogens (tertiary/aromatic N) is 1. The second-order valence-corrected chi connectivity index (χ2v) is 6.47. The largest absolute Gasteiger partial charge is 0.335 e. The molecule has 4 heteroatoms. The Hall–Kier alpha value is -1.35. The maximum atomic E-state index is 12.8. The quantitative estimate of drug-likeness (QED) is 0.835. The molecule has 3 rings (SSSR count). The summed E-state index contributed by atoms with van der Waals surface area (Å²) in [5.74, 6) is 0.404. The number of Topliss-reactive ketones (excluding diaryl/α,β-unsaturated/α-hetero) is 1. The molecule has 21 heavy (non-hydrogen) atoms. The van der Waals surface area contributed by atoms with Gasteiger partial charge in [0.25, 0.3) is 5.91 Å².